The highest BCUT2D eigenvalue weighted by Gasteiger charge is 2.38. The van der Waals surface area contributed by atoms with Gasteiger partial charge in [0.1, 0.15) is 6.04 Å². The molecule has 6 nitrogen and oxygen atoms in total. The van der Waals surface area contributed by atoms with Gasteiger partial charge in [0, 0.05) is 18.5 Å². The molecule has 0 unspecified atom stereocenters. The van der Waals surface area contributed by atoms with E-state index < -0.39 is 17.4 Å². The molecule has 0 radical (unpaired) electrons. The second-order valence-electron chi connectivity index (χ2n) is 9.48. The number of amides is 2. The van der Waals surface area contributed by atoms with Crippen LogP contribution in [0.3, 0.4) is 0 Å². The normalized spacial score (nSPS) is 18.5. The summed E-state index contributed by atoms with van der Waals surface area (Å²) in [6, 6.07) is -1.02. The highest BCUT2D eigenvalue weighted by molar-refractivity contribution is 5.90. The predicted molar refractivity (Wildman–Crippen MR) is 111 cm³/mol. The molecule has 1 saturated carbocycles. The van der Waals surface area contributed by atoms with Crippen LogP contribution in [0.25, 0.3) is 0 Å². The maximum Gasteiger partial charge on any atom is 0.331 e. The lowest BCUT2D eigenvalue weighted by atomic mass is 9.83. The quantitative estimate of drug-likeness (QED) is 0.646. The van der Waals surface area contributed by atoms with Crippen LogP contribution < -0.4 is 5.32 Å². The number of carboxylic acids is 1. The first-order valence-corrected chi connectivity index (χ1v) is 10.3. The standard InChI is InChI=1S/C22H38N2O4/c1-14(2)17(13-15(3)21(27)28)24(7)20(26)18(22(4,5)6)23-19(25)16-11-9-8-10-12-16/h13-14,16-18H,8-12H2,1-7H3,(H,23,25)(H,27,28)/b15-13+/t17-,18-/m1/s1. The predicted octanol–water partition coefficient (Wildman–Crippen LogP) is 3.61. The lowest BCUT2D eigenvalue weighted by Crippen LogP contribution is -2.57. The van der Waals surface area contributed by atoms with E-state index in [0.29, 0.717) is 0 Å². The number of hydrogen-bond donors (Lipinski definition) is 2. The number of hydrogen-bond acceptors (Lipinski definition) is 3. The minimum Gasteiger partial charge on any atom is -0.478 e. The number of aliphatic carboxylic acids is 1. The van der Waals surface area contributed by atoms with Crippen molar-refractivity contribution in [3.63, 3.8) is 0 Å². The molecule has 0 heterocycles. The number of carbonyl (C=O) groups is 3. The maximum absolute atomic E-state index is 13.3. The molecule has 28 heavy (non-hydrogen) atoms. The summed E-state index contributed by atoms with van der Waals surface area (Å²) in [6.07, 6.45) is 6.65. The van der Waals surface area contributed by atoms with Gasteiger partial charge < -0.3 is 15.3 Å². The zero-order valence-corrected chi connectivity index (χ0v) is 18.5. The Labute approximate surface area is 169 Å². The Balaban J connectivity index is 3.05. The molecule has 160 valence electrons. The summed E-state index contributed by atoms with van der Waals surface area (Å²) in [7, 11) is 1.68. The Hall–Kier alpha value is -1.85. The van der Waals surface area contributed by atoms with Crippen LogP contribution in [0.2, 0.25) is 0 Å². The van der Waals surface area contributed by atoms with Crippen LogP contribution in [0.15, 0.2) is 11.6 Å². The monoisotopic (exact) mass is 394 g/mol. The average molecular weight is 395 g/mol. The minimum absolute atomic E-state index is 0.0215. The third-order valence-electron chi connectivity index (χ3n) is 5.61. The molecule has 2 N–H and O–H groups in total. The SMILES string of the molecule is C/C(=C\[C@H](C(C)C)N(C)C(=O)[C@@H](NC(=O)C1CCCCC1)C(C)(C)C)C(=O)O. The van der Waals surface area contributed by atoms with E-state index in [1.54, 1.807) is 18.0 Å². The fourth-order valence-electron chi connectivity index (χ4n) is 3.70. The third kappa shape index (κ3) is 6.64. The van der Waals surface area contributed by atoms with Gasteiger partial charge in [-0.1, -0.05) is 60.0 Å². The highest BCUT2D eigenvalue weighted by Crippen LogP contribution is 2.27. The van der Waals surface area contributed by atoms with Crippen molar-refractivity contribution in [2.75, 3.05) is 7.05 Å². The van der Waals surface area contributed by atoms with Crippen molar-refractivity contribution in [2.45, 2.75) is 85.7 Å². The molecular weight excluding hydrogens is 356 g/mol. The summed E-state index contributed by atoms with van der Waals surface area (Å²) < 4.78 is 0. The number of nitrogens with zero attached hydrogens (tertiary/aromatic N) is 1. The van der Waals surface area contributed by atoms with Gasteiger partial charge in [-0.25, -0.2) is 4.79 Å². The van der Waals surface area contributed by atoms with Gasteiger partial charge in [-0.05, 0) is 31.1 Å². The van der Waals surface area contributed by atoms with Gasteiger partial charge in [-0.3, -0.25) is 9.59 Å². The highest BCUT2D eigenvalue weighted by atomic mass is 16.4. The van der Waals surface area contributed by atoms with Gasteiger partial charge in [0.05, 0.1) is 6.04 Å². The lowest BCUT2D eigenvalue weighted by molar-refractivity contribution is -0.141. The fraction of sp³-hybridized carbons (Fsp3) is 0.773. The molecule has 6 heteroatoms. The molecule has 0 aromatic heterocycles. The summed E-state index contributed by atoms with van der Waals surface area (Å²) in [5.41, 5.74) is -0.250. The van der Waals surface area contributed by atoms with E-state index in [0.717, 1.165) is 25.7 Å². The summed E-state index contributed by atoms with van der Waals surface area (Å²) >= 11 is 0. The van der Waals surface area contributed by atoms with Gasteiger partial charge >= 0.3 is 5.97 Å². The number of likely N-dealkylation sites (N-methyl/N-ethyl adjacent to an activating group) is 1. The van der Waals surface area contributed by atoms with Crippen LogP contribution in [0.4, 0.5) is 0 Å². The van der Waals surface area contributed by atoms with Gasteiger partial charge in [0.25, 0.3) is 0 Å². The average Bonchev–Trinajstić information content (AvgIpc) is 2.61. The molecule has 0 bridgehead atoms. The van der Waals surface area contributed by atoms with Crippen molar-refractivity contribution in [1.29, 1.82) is 0 Å². The smallest absolute Gasteiger partial charge is 0.331 e. The number of carbonyl (C=O) groups excluding carboxylic acids is 2. The van der Waals surface area contributed by atoms with Crippen molar-refractivity contribution in [3.05, 3.63) is 11.6 Å². The molecule has 1 rings (SSSR count). The van der Waals surface area contributed by atoms with E-state index in [2.05, 4.69) is 5.32 Å². The molecule has 2 amide bonds. The van der Waals surface area contributed by atoms with Crippen molar-refractivity contribution < 1.29 is 19.5 Å². The van der Waals surface area contributed by atoms with Gasteiger partial charge in [-0.15, -0.1) is 0 Å². The Morgan fingerprint density at radius 2 is 1.64 bits per heavy atom. The fourth-order valence-corrected chi connectivity index (χ4v) is 3.70. The molecule has 0 aliphatic heterocycles. The lowest BCUT2D eigenvalue weighted by Gasteiger charge is -2.38. The third-order valence-corrected chi connectivity index (χ3v) is 5.61. The van der Waals surface area contributed by atoms with E-state index in [-0.39, 0.29) is 35.3 Å². The summed E-state index contributed by atoms with van der Waals surface area (Å²) in [4.78, 5) is 38.9. The van der Waals surface area contributed by atoms with Gasteiger partial charge in [0.2, 0.25) is 11.8 Å². The van der Waals surface area contributed by atoms with Crippen LogP contribution in [-0.2, 0) is 14.4 Å². The molecule has 0 aromatic rings. The molecule has 2 atom stereocenters. The molecule has 1 aliphatic carbocycles. The number of carboxylic acid groups (broad SMARTS) is 1. The molecule has 0 aromatic carbocycles. The van der Waals surface area contributed by atoms with Crippen LogP contribution in [-0.4, -0.2) is 46.9 Å². The summed E-state index contributed by atoms with van der Waals surface area (Å²) in [5.74, 6) is -1.21. The maximum atomic E-state index is 13.3. The molecule has 0 saturated heterocycles. The van der Waals surface area contributed by atoms with E-state index in [1.807, 2.05) is 34.6 Å². The summed E-state index contributed by atoms with van der Waals surface area (Å²) in [6.45, 7) is 11.2. The van der Waals surface area contributed by atoms with E-state index in [1.165, 1.54) is 13.3 Å². The van der Waals surface area contributed by atoms with E-state index in [4.69, 9.17) is 0 Å². The van der Waals surface area contributed by atoms with Crippen LogP contribution >= 0.6 is 0 Å². The van der Waals surface area contributed by atoms with Gasteiger partial charge in [0.15, 0.2) is 0 Å². The Bertz CT molecular complexity index is 598. The second-order valence-corrected chi connectivity index (χ2v) is 9.48. The first-order chi connectivity index (χ1) is 12.9. The Morgan fingerprint density at radius 1 is 1.11 bits per heavy atom. The Kier molecular flexibility index (Phi) is 8.71. The van der Waals surface area contributed by atoms with E-state index >= 15 is 0 Å². The van der Waals surface area contributed by atoms with Crippen molar-refractivity contribution in [3.8, 4) is 0 Å². The molecular formula is C22H38N2O4. The van der Waals surface area contributed by atoms with Crippen LogP contribution in [0.1, 0.15) is 73.6 Å². The van der Waals surface area contributed by atoms with Crippen LogP contribution in [0.5, 0.6) is 0 Å². The van der Waals surface area contributed by atoms with Crippen LogP contribution in [0, 0.1) is 17.3 Å². The van der Waals surface area contributed by atoms with Crippen molar-refractivity contribution >= 4 is 17.8 Å². The van der Waals surface area contributed by atoms with Crippen molar-refractivity contribution in [2.24, 2.45) is 17.3 Å². The zero-order valence-electron chi connectivity index (χ0n) is 18.5. The molecule has 1 fully saturated rings. The molecule has 0 spiro atoms. The van der Waals surface area contributed by atoms with Crippen molar-refractivity contribution in [1.82, 2.24) is 10.2 Å². The first-order valence-electron chi connectivity index (χ1n) is 10.3. The number of nitrogens with one attached hydrogen (secondary N) is 1. The topological polar surface area (TPSA) is 86.7 Å². The Morgan fingerprint density at radius 3 is 2.07 bits per heavy atom. The van der Waals surface area contributed by atoms with E-state index in [9.17, 15) is 19.5 Å². The first kappa shape index (κ1) is 24.2. The van der Waals surface area contributed by atoms with Gasteiger partial charge in [-0.2, -0.15) is 0 Å². The second kappa shape index (κ2) is 10.1. The minimum atomic E-state index is -0.996. The number of rotatable bonds is 7. The molecule has 1 aliphatic rings. The largest absolute Gasteiger partial charge is 0.478 e. The summed E-state index contributed by atoms with van der Waals surface area (Å²) in [5, 5.41) is 12.2. The zero-order chi connectivity index (χ0) is 21.6.